The van der Waals surface area contributed by atoms with Crippen molar-refractivity contribution in [1.29, 1.82) is 0 Å². The molecule has 0 aromatic heterocycles. The van der Waals surface area contributed by atoms with Gasteiger partial charge in [-0.3, -0.25) is 14.5 Å². The lowest BCUT2D eigenvalue weighted by Gasteiger charge is -2.19. The second-order valence-electron chi connectivity index (χ2n) is 6.55. The number of hydrogen-bond donors (Lipinski definition) is 0. The van der Waals surface area contributed by atoms with Gasteiger partial charge in [-0.1, -0.05) is 48.9 Å². The van der Waals surface area contributed by atoms with Crippen LogP contribution in [0.15, 0.2) is 54.2 Å². The monoisotopic (exact) mass is 394 g/mol. The Balaban J connectivity index is 2.01. The number of hydrogen-bond acceptors (Lipinski definition) is 4. The van der Waals surface area contributed by atoms with Crippen LogP contribution in [-0.2, 0) is 20.7 Å². The SMILES string of the molecule is CCc1ccc(N2C(=O)/C(=C/c3ccc(C)cc3)N(CC(=O)OC)C2=S)cc1. The molecule has 0 aliphatic carbocycles. The summed E-state index contributed by atoms with van der Waals surface area (Å²) < 4.78 is 4.78. The van der Waals surface area contributed by atoms with Crippen LogP contribution in [0.1, 0.15) is 23.6 Å². The van der Waals surface area contributed by atoms with Crippen LogP contribution in [0.3, 0.4) is 0 Å². The second-order valence-corrected chi connectivity index (χ2v) is 6.91. The molecule has 0 atom stereocenters. The maximum absolute atomic E-state index is 13.2. The van der Waals surface area contributed by atoms with Gasteiger partial charge in [0.05, 0.1) is 12.8 Å². The average molecular weight is 394 g/mol. The van der Waals surface area contributed by atoms with E-state index >= 15 is 0 Å². The summed E-state index contributed by atoms with van der Waals surface area (Å²) in [5, 5.41) is 0.262. The summed E-state index contributed by atoms with van der Waals surface area (Å²) in [5.41, 5.74) is 4.17. The van der Waals surface area contributed by atoms with E-state index in [1.54, 1.807) is 6.08 Å². The van der Waals surface area contributed by atoms with Gasteiger partial charge in [0.25, 0.3) is 5.91 Å². The highest BCUT2D eigenvalue weighted by molar-refractivity contribution is 7.80. The van der Waals surface area contributed by atoms with E-state index in [2.05, 4.69) is 6.92 Å². The number of ether oxygens (including phenoxy) is 1. The molecule has 1 aliphatic heterocycles. The number of carbonyl (C=O) groups excluding carboxylic acids is 2. The highest BCUT2D eigenvalue weighted by Crippen LogP contribution is 2.29. The third kappa shape index (κ3) is 3.97. The first kappa shape index (κ1) is 19.8. The Bertz CT molecular complexity index is 933. The predicted octanol–water partition coefficient (Wildman–Crippen LogP) is 3.71. The van der Waals surface area contributed by atoms with Crippen LogP contribution in [0.25, 0.3) is 6.08 Å². The Kier molecular flexibility index (Phi) is 5.90. The molecule has 144 valence electrons. The maximum atomic E-state index is 13.2. The third-order valence-electron chi connectivity index (χ3n) is 4.63. The van der Waals surface area contributed by atoms with Crippen LogP contribution in [0.5, 0.6) is 0 Å². The lowest BCUT2D eigenvalue weighted by atomic mass is 10.1. The van der Waals surface area contributed by atoms with Gasteiger partial charge in [0.2, 0.25) is 0 Å². The molecule has 0 unspecified atom stereocenters. The summed E-state index contributed by atoms with van der Waals surface area (Å²) in [6, 6.07) is 15.5. The number of amides is 1. The van der Waals surface area contributed by atoms with Crippen molar-refractivity contribution >= 4 is 41.0 Å². The number of benzene rings is 2. The highest BCUT2D eigenvalue weighted by atomic mass is 32.1. The van der Waals surface area contributed by atoms with E-state index < -0.39 is 5.97 Å². The first-order chi connectivity index (χ1) is 13.4. The molecule has 1 amide bonds. The highest BCUT2D eigenvalue weighted by Gasteiger charge is 2.40. The zero-order valence-corrected chi connectivity index (χ0v) is 17.0. The molecule has 5 nitrogen and oxygen atoms in total. The number of aryl methyl sites for hydroxylation is 2. The number of nitrogens with zero attached hydrogens (tertiary/aromatic N) is 2. The van der Waals surface area contributed by atoms with Gasteiger partial charge in [-0.15, -0.1) is 0 Å². The fourth-order valence-corrected chi connectivity index (χ4v) is 3.31. The summed E-state index contributed by atoms with van der Waals surface area (Å²) in [6.07, 6.45) is 2.66. The lowest BCUT2D eigenvalue weighted by molar-refractivity contribution is -0.140. The van der Waals surface area contributed by atoms with Gasteiger partial charge < -0.3 is 9.64 Å². The van der Waals surface area contributed by atoms with Crippen molar-refractivity contribution in [2.24, 2.45) is 0 Å². The van der Waals surface area contributed by atoms with Gasteiger partial charge in [-0.25, -0.2) is 0 Å². The molecule has 0 bridgehead atoms. The van der Waals surface area contributed by atoms with Crippen LogP contribution in [0, 0.1) is 6.92 Å². The minimum atomic E-state index is -0.465. The van der Waals surface area contributed by atoms with Gasteiger partial charge in [0.1, 0.15) is 12.2 Å². The van der Waals surface area contributed by atoms with Crippen molar-refractivity contribution in [1.82, 2.24) is 4.90 Å². The average Bonchev–Trinajstić information content (AvgIpc) is 2.93. The van der Waals surface area contributed by atoms with E-state index in [9.17, 15) is 9.59 Å². The van der Waals surface area contributed by atoms with E-state index in [0.717, 1.165) is 17.5 Å². The number of carbonyl (C=O) groups is 2. The molecule has 2 aromatic carbocycles. The fourth-order valence-electron chi connectivity index (χ4n) is 2.96. The molecule has 3 rings (SSSR count). The molecule has 6 heteroatoms. The van der Waals surface area contributed by atoms with Crippen molar-refractivity contribution in [3.05, 3.63) is 70.9 Å². The van der Waals surface area contributed by atoms with E-state index in [0.29, 0.717) is 11.4 Å². The van der Waals surface area contributed by atoms with E-state index in [4.69, 9.17) is 17.0 Å². The topological polar surface area (TPSA) is 49.9 Å². The summed E-state index contributed by atoms with van der Waals surface area (Å²) in [6.45, 7) is 3.95. The molecular formula is C22H22N2O3S. The van der Waals surface area contributed by atoms with Crippen LogP contribution in [0.4, 0.5) is 5.69 Å². The van der Waals surface area contributed by atoms with E-state index in [1.807, 2.05) is 55.5 Å². The minimum Gasteiger partial charge on any atom is -0.468 e. The zero-order valence-electron chi connectivity index (χ0n) is 16.1. The van der Waals surface area contributed by atoms with Gasteiger partial charge in [0.15, 0.2) is 5.11 Å². The van der Waals surface area contributed by atoms with Crippen LogP contribution in [0.2, 0.25) is 0 Å². The Morgan fingerprint density at radius 3 is 2.32 bits per heavy atom. The summed E-state index contributed by atoms with van der Waals surface area (Å²) >= 11 is 5.55. The number of anilines is 1. The van der Waals surface area contributed by atoms with E-state index in [1.165, 1.54) is 22.5 Å². The number of rotatable bonds is 5. The van der Waals surface area contributed by atoms with Gasteiger partial charge in [-0.05, 0) is 54.9 Å². The number of thiocarbonyl (C=S) groups is 1. The van der Waals surface area contributed by atoms with Crippen molar-refractivity contribution in [2.45, 2.75) is 20.3 Å². The van der Waals surface area contributed by atoms with Gasteiger partial charge in [0, 0.05) is 0 Å². The first-order valence-corrected chi connectivity index (χ1v) is 9.45. The Morgan fingerprint density at radius 2 is 1.75 bits per heavy atom. The predicted molar refractivity (Wildman–Crippen MR) is 114 cm³/mol. The minimum absolute atomic E-state index is 0.123. The van der Waals surface area contributed by atoms with Crippen molar-refractivity contribution in [3.63, 3.8) is 0 Å². The van der Waals surface area contributed by atoms with Gasteiger partial charge >= 0.3 is 5.97 Å². The van der Waals surface area contributed by atoms with Crippen LogP contribution >= 0.6 is 12.2 Å². The Hall–Kier alpha value is -2.99. The largest absolute Gasteiger partial charge is 0.468 e. The zero-order chi connectivity index (χ0) is 20.3. The number of methoxy groups -OCH3 is 1. The molecule has 0 saturated carbocycles. The lowest BCUT2D eigenvalue weighted by Crippen LogP contribution is -2.35. The van der Waals surface area contributed by atoms with Crippen molar-refractivity contribution < 1.29 is 14.3 Å². The molecule has 1 aliphatic rings. The summed E-state index contributed by atoms with van der Waals surface area (Å²) in [4.78, 5) is 28.1. The summed E-state index contributed by atoms with van der Waals surface area (Å²) in [7, 11) is 1.31. The Labute approximate surface area is 170 Å². The van der Waals surface area contributed by atoms with Crippen molar-refractivity contribution in [3.8, 4) is 0 Å². The standard InChI is InChI=1S/C22H22N2O3S/c1-4-16-9-11-18(12-10-16)24-21(26)19(13-17-7-5-15(2)6-8-17)23(22(24)28)14-20(25)27-3/h5-13H,4,14H2,1-3H3/b19-13-. The maximum Gasteiger partial charge on any atom is 0.325 e. The summed E-state index contributed by atoms with van der Waals surface area (Å²) in [5.74, 6) is -0.730. The molecule has 2 aromatic rings. The van der Waals surface area contributed by atoms with Crippen LogP contribution in [-0.4, -0.2) is 35.5 Å². The number of esters is 1. The smallest absolute Gasteiger partial charge is 0.325 e. The molecule has 1 heterocycles. The van der Waals surface area contributed by atoms with Crippen molar-refractivity contribution in [2.75, 3.05) is 18.6 Å². The quantitative estimate of drug-likeness (QED) is 0.440. The molecule has 0 spiro atoms. The third-order valence-corrected chi connectivity index (χ3v) is 5.04. The van der Waals surface area contributed by atoms with Gasteiger partial charge in [-0.2, -0.15) is 0 Å². The first-order valence-electron chi connectivity index (χ1n) is 9.04. The fraction of sp³-hybridized carbons (Fsp3) is 0.227. The Morgan fingerprint density at radius 1 is 1.11 bits per heavy atom. The van der Waals surface area contributed by atoms with E-state index in [-0.39, 0.29) is 17.6 Å². The van der Waals surface area contributed by atoms with Crippen LogP contribution < -0.4 is 4.90 Å². The molecule has 28 heavy (non-hydrogen) atoms. The molecular weight excluding hydrogens is 372 g/mol. The molecule has 0 radical (unpaired) electrons. The molecule has 0 N–H and O–H groups in total. The molecule has 1 saturated heterocycles. The normalized spacial score (nSPS) is 15.5. The second kappa shape index (κ2) is 8.35. The molecule has 1 fully saturated rings.